The third kappa shape index (κ3) is 1.06. The standard InChI is InChI=1S/C10H12/c1-8-2-4-9(5-3-8)10-6-7-10/h2-4,6,9H,5,7H2,1H3. The van der Waals surface area contributed by atoms with Crippen molar-refractivity contribution >= 4 is 0 Å². The topological polar surface area (TPSA) is 0 Å². The maximum Gasteiger partial charge on any atom is 0.00179 e. The predicted molar refractivity (Wildman–Crippen MR) is 43.7 cm³/mol. The molecule has 0 spiro atoms. The van der Waals surface area contributed by atoms with Gasteiger partial charge in [0.25, 0.3) is 0 Å². The highest BCUT2D eigenvalue weighted by Gasteiger charge is 2.17. The molecule has 2 aliphatic rings. The fourth-order valence-corrected chi connectivity index (χ4v) is 1.36. The van der Waals surface area contributed by atoms with Gasteiger partial charge in [-0.2, -0.15) is 0 Å². The van der Waals surface area contributed by atoms with E-state index >= 15 is 0 Å². The molecule has 0 N–H and O–H groups in total. The molecular formula is C10H12. The normalized spacial score (nSPS) is 29.5. The highest BCUT2D eigenvalue weighted by atomic mass is 14.2. The smallest absolute Gasteiger partial charge is 0.00179 e. The number of rotatable bonds is 1. The van der Waals surface area contributed by atoms with E-state index in [1.807, 2.05) is 0 Å². The van der Waals surface area contributed by atoms with Crippen molar-refractivity contribution in [2.75, 3.05) is 0 Å². The maximum absolute atomic E-state index is 2.33. The Morgan fingerprint density at radius 2 is 2.20 bits per heavy atom. The first-order chi connectivity index (χ1) is 4.86. The Labute approximate surface area is 61.9 Å². The van der Waals surface area contributed by atoms with E-state index in [0.29, 0.717) is 0 Å². The first kappa shape index (κ1) is 5.96. The van der Waals surface area contributed by atoms with E-state index in [-0.39, 0.29) is 0 Å². The zero-order chi connectivity index (χ0) is 6.97. The molecular weight excluding hydrogens is 120 g/mol. The van der Waals surface area contributed by atoms with Gasteiger partial charge in [0.15, 0.2) is 0 Å². The van der Waals surface area contributed by atoms with Gasteiger partial charge in [-0.15, -0.1) is 0 Å². The second-order valence-electron chi connectivity index (χ2n) is 3.13. The largest absolute Gasteiger partial charge is 0.0807 e. The quantitative estimate of drug-likeness (QED) is 0.481. The molecule has 0 fully saturated rings. The van der Waals surface area contributed by atoms with E-state index in [9.17, 15) is 0 Å². The van der Waals surface area contributed by atoms with E-state index in [2.05, 4.69) is 31.2 Å². The van der Waals surface area contributed by atoms with Gasteiger partial charge in [0.1, 0.15) is 0 Å². The maximum atomic E-state index is 2.33. The summed E-state index contributed by atoms with van der Waals surface area (Å²) < 4.78 is 0. The van der Waals surface area contributed by atoms with Crippen LogP contribution < -0.4 is 0 Å². The van der Waals surface area contributed by atoms with Crippen LogP contribution in [0.3, 0.4) is 0 Å². The van der Waals surface area contributed by atoms with Crippen LogP contribution in [0.25, 0.3) is 0 Å². The molecule has 2 rings (SSSR count). The zero-order valence-corrected chi connectivity index (χ0v) is 6.30. The lowest BCUT2D eigenvalue weighted by Crippen LogP contribution is -1.96. The molecule has 10 heavy (non-hydrogen) atoms. The summed E-state index contributed by atoms with van der Waals surface area (Å²) in [5, 5.41) is 0. The molecule has 0 radical (unpaired) electrons. The van der Waals surface area contributed by atoms with Crippen LogP contribution in [0.1, 0.15) is 19.8 Å². The Bertz CT molecular complexity index is 228. The predicted octanol–water partition coefficient (Wildman–Crippen LogP) is 2.84. The second kappa shape index (κ2) is 2.12. The molecule has 0 amide bonds. The van der Waals surface area contributed by atoms with Crippen molar-refractivity contribution in [1.29, 1.82) is 0 Å². The monoisotopic (exact) mass is 132 g/mol. The van der Waals surface area contributed by atoms with Gasteiger partial charge in [-0.25, -0.2) is 0 Å². The summed E-state index contributed by atoms with van der Waals surface area (Å²) in [5.74, 6) is 0.753. The summed E-state index contributed by atoms with van der Waals surface area (Å²) in [7, 11) is 0. The number of hydrogen-bond donors (Lipinski definition) is 0. The molecule has 0 aromatic rings. The first-order valence-electron chi connectivity index (χ1n) is 3.90. The summed E-state index contributed by atoms with van der Waals surface area (Å²) >= 11 is 0. The molecule has 0 aromatic heterocycles. The third-order valence-electron chi connectivity index (χ3n) is 2.20. The molecule has 1 unspecified atom stereocenters. The van der Waals surface area contributed by atoms with Crippen molar-refractivity contribution in [2.45, 2.75) is 19.8 Å². The Balaban J connectivity index is 2.06. The zero-order valence-electron chi connectivity index (χ0n) is 6.30. The minimum absolute atomic E-state index is 0.753. The lowest BCUT2D eigenvalue weighted by atomic mass is 9.95. The summed E-state index contributed by atoms with van der Waals surface area (Å²) in [6, 6.07) is 0. The molecule has 52 valence electrons. The Kier molecular flexibility index (Phi) is 1.26. The Morgan fingerprint density at radius 3 is 2.70 bits per heavy atom. The van der Waals surface area contributed by atoms with Crippen LogP contribution in [0.2, 0.25) is 0 Å². The average molecular weight is 132 g/mol. The van der Waals surface area contributed by atoms with Gasteiger partial charge in [-0.05, 0) is 19.8 Å². The van der Waals surface area contributed by atoms with Crippen LogP contribution in [0.5, 0.6) is 0 Å². The van der Waals surface area contributed by atoms with Crippen LogP contribution in [0.4, 0.5) is 0 Å². The van der Waals surface area contributed by atoms with Crippen LogP contribution >= 0.6 is 0 Å². The third-order valence-corrected chi connectivity index (χ3v) is 2.20. The van der Waals surface area contributed by atoms with Crippen LogP contribution in [-0.2, 0) is 0 Å². The minimum atomic E-state index is 0.753. The minimum Gasteiger partial charge on any atom is -0.0807 e. The molecule has 0 aromatic carbocycles. The Hall–Kier alpha value is -0.780. The van der Waals surface area contributed by atoms with Gasteiger partial charge >= 0.3 is 0 Å². The van der Waals surface area contributed by atoms with Crippen LogP contribution in [0.15, 0.2) is 35.5 Å². The lowest BCUT2D eigenvalue weighted by molar-refractivity contribution is 0.782. The van der Waals surface area contributed by atoms with E-state index in [0.717, 1.165) is 5.92 Å². The van der Waals surface area contributed by atoms with E-state index in [1.165, 1.54) is 18.4 Å². The molecule has 0 heterocycles. The highest BCUT2D eigenvalue weighted by molar-refractivity contribution is 5.34. The molecule has 0 heteroatoms. The molecule has 1 atom stereocenters. The first-order valence-corrected chi connectivity index (χ1v) is 3.90. The highest BCUT2D eigenvalue weighted by Crippen LogP contribution is 2.33. The van der Waals surface area contributed by atoms with Crippen LogP contribution in [0, 0.1) is 5.92 Å². The van der Waals surface area contributed by atoms with E-state index in [4.69, 9.17) is 0 Å². The van der Waals surface area contributed by atoms with E-state index in [1.54, 1.807) is 5.57 Å². The van der Waals surface area contributed by atoms with Crippen molar-refractivity contribution in [1.82, 2.24) is 0 Å². The number of allylic oxidation sites excluding steroid dienone is 6. The van der Waals surface area contributed by atoms with Crippen molar-refractivity contribution < 1.29 is 0 Å². The Morgan fingerprint density at radius 1 is 1.40 bits per heavy atom. The van der Waals surface area contributed by atoms with Crippen molar-refractivity contribution in [3.63, 3.8) is 0 Å². The fraction of sp³-hybridized carbons (Fsp3) is 0.400. The van der Waals surface area contributed by atoms with Gasteiger partial charge in [-0.1, -0.05) is 35.5 Å². The van der Waals surface area contributed by atoms with Gasteiger partial charge in [0.05, 0.1) is 0 Å². The number of hydrogen-bond acceptors (Lipinski definition) is 0. The van der Waals surface area contributed by atoms with Crippen molar-refractivity contribution in [2.24, 2.45) is 5.92 Å². The molecule has 0 saturated heterocycles. The van der Waals surface area contributed by atoms with Gasteiger partial charge in [0.2, 0.25) is 0 Å². The molecule has 0 aliphatic heterocycles. The van der Waals surface area contributed by atoms with Crippen molar-refractivity contribution in [3.05, 3.63) is 35.5 Å². The van der Waals surface area contributed by atoms with E-state index < -0.39 is 0 Å². The molecule has 0 saturated carbocycles. The van der Waals surface area contributed by atoms with Crippen LogP contribution in [-0.4, -0.2) is 0 Å². The lowest BCUT2D eigenvalue weighted by Gasteiger charge is -2.10. The van der Waals surface area contributed by atoms with Gasteiger partial charge < -0.3 is 0 Å². The summed E-state index contributed by atoms with van der Waals surface area (Å²) in [6.07, 6.45) is 11.7. The fourth-order valence-electron chi connectivity index (χ4n) is 1.36. The average Bonchev–Trinajstić information content (AvgIpc) is 2.71. The summed E-state index contributed by atoms with van der Waals surface area (Å²) in [6.45, 7) is 2.16. The van der Waals surface area contributed by atoms with Crippen molar-refractivity contribution in [3.8, 4) is 0 Å². The summed E-state index contributed by atoms with van der Waals surface area (Å²) in [5.41, 5.74) is 3.05. The van der Waals surface area contributed by atoms with Gasteiger partial charge in [-0.3, -0.25) is 0 Å². The van der Waals surface area contributed by atoms with Gasteiger partial charge in [0, 0.05) is 5.92 Å². The SMILES string of the molecule is CC1=CCC(C2=CC2)C=C1. The molecule has 2 aliphatic carbocycles. The second-order valence-corrected chi connectivity index (χ2v) is 3.13. The summed E-state index contributed by atoms with van der Waals surface area (Å²) in [4.78, 5) is 0. The molecule has 0 nitrogen and oxygen atoms in total. The molecule has 0 bridgehead atoms.